The maximum absolute atomic E-state index is 12.3. The summed E-state index contributed by atoms with van der Waals surface area (Å²) in [4.78, 5) is 19.0. The molecule has 32 heavy (non-hydrogen) atoms. The Labute approximate surface area is 196 Å². The second-order valence-corrected chi connectivity index (χ2v) is 8.75. The third-order valence-electron chi connectivity index (χ3n) is 6.07. The van der Waals surface area contributed by atoms with Crippen LogP contribution in [0.5, 0.6) is 0 Å². The highest BCUT2D eigenvalue weighted by Crippen LogP contribution is 2.29. The summed E-state index contributed by atoms with van der Waals surface area (Å²) in [5.41, 5.74) is 6.31. The van der Waals surface area contributed by atoms with Crippen molar-refractivity contribution in [2.75, 3.05) is 20.2 Å². The molecule has 1 amide bonds. The third-order valence-corrected chi connectivity index (χ3v) is 6.29. The van der Waals surface area contributed by atoms with E-state index in [9.17, 15) is 10.0 Å². The minimum atomic E-state index is -0.353. The van der Waals surface area contributed by atoms with Gasteiger partial charge < -0.3 is 4.74 Å². The normalized spacial score (nSPS) is 13.2. The molecule has 1 aromatic heterocycles. The molecule has 176 valence electrons. The average Bonchev–Trinajstić information content (AvgIpc) is 2.80. The molecule has 0 aliphatic carbocycles. The van der Waals surface area contributed by atoms with E-state index in [0.717, 1.165) is 43.7 Å². The number of aryl methyl sites for hydroxylation is 2. The molecule has 7 heteroatoms. The molecule has 0 spiro atoms. The van der Waals surface area contributed by atoms with E-state index in [1.54, 1.807) is 13.3 Å². The molecule has 1 heterocycles. The maximum atomic E-state index is 12.3. The minimum absolute atomic E-state index is 0.195. The monoisotopic (exact) mass is 461 g/mol. The lowest BCUT2D eigenvalue weighted by Crippen LogP contribution is -2.30. The molecule has 1 aromatic carbocycles. The number of carbonyl (C=O) groups excluding carboxylic acids is 1. The lowest BCUT2D eigenvalue weighted by atomic mass is 9.90. The fourth-order valence-electron chi connectivity index (χ4n) is 3.84. The summed E-state index contributed by atoms with van der Waals surface area (Å²) >= 11 is 5.92. The molecular weight excluding hydrogens is 426 g/mol. The fraction of sp³-hybridized carbons (Fsp3) is 0.520. The second-order valence-electron chi connectivity index (χ2n) is 8.31. The molecule has 0 fully saturated rings. The van der Waals surface area contributed by atoms with Crippen molar-refractivity contribution in [2.24, 2.45) is 5.92 Å². The number of benzene rings is 1. The van der Waals surface area contributed by atoms with Crippen LogP contribution in [0.25, 0.3) is 0 Å². The van der Waals surface area contributed by atoms with E-state index in [2.05, 4.69) is 42.8 Å². The van der Waals surface area contributed by atoms with E-state index in [4.69, 9.17) is 16.3 Å². The molecule has 0 bridgehead atoms. The predicted molar refractivity (Wildman–Crippen MR) is 128 cm³/mol. The molecule has 2 atom stereocenters. The Morgan fingerprint density at radius 3 is 2.59 bits per heavy atom. The molecule has 0 radical (unpaired) electrons. The van der Waals surface area contributed by atoms with Crippen LogP contribution < -0.4 is 5.48 Å². The van der Waals surface area contributed by atoms with Gasteiger partial charge in [-0.1, -0.05) is 43.1 Å². The first-order chi connectivity index (χ1) is 15.4. The van der Waals surface area contributed by atoms with Gasteiger partial charge in [0, 0.05) is 25.8 Å². The Kier molecular flexibility index (Phi) is 11.1. The molecule has 2 N–H and O–H groups in total. The number of nitrogens with zero attached hydrogens (tertiary/aromatic N) is 2. The highest BCUT2D eigenvalue weighted by Gasteiger charge is 2.24. The van der Waals surface area contributed by atoms with Crippen molar-refractivity contribution in [3.05, 3.63) is 63.9 Å². The van der Waals surface area contributed by atoms with Crippen LogP contribution in [0, 0.1) is 19.8 Å². The van der Waals surface area contributed by atoms with E-state index in [1.165, 1.54) is 11.1 Å². The summed E-state index contributed by atoms with van der Waals surface area (Å²) in [6.07, 6.45) is 4.53. The molecule has 0 saturated heterocycles. The number of amides is 1. The van der Waals surface area contributed by atoms with Gasteiger partial charge in [0.1, 0.15) is 0 Å². The van der Waals surface area contributed by atoms with Gasteiger partial charge >= 0.3 is 0 Å². The van der Waals surface area contributed by atoms with Crippen LogP contribution in [0.2, 0.25) is 5.02 Å². The second kappa shape index (κ2) is 13.5. The molecule has 2 rings (SSSR count). The number of hydrogen-bond acceptors (Lipinski definition) is 5. The van der Waals surface area contributed by atoms with E-state index in [0.29, 0.717) is 17.9 Å². The summed E-state index contributed by atoms with van der Waals surface area (Å²) in [7, 11) is 1.66. The smallest absolute Gasteiger partial charge is 0.246 e. The van der Waals surface area contributed by atoms with E-state index in [-0.39, 0.29) is 17.9 Å². The van der Waals surface area contributed by atoms with Crippen LogP contribution in [0.1, 0.15) is 61.1 Å². The van der Waals surface area contributed by atoms with Gasteiger partial charge in [0.15, 0.2) is 0 Å². The SMILES string of the molecule is CCN(CCCC[C@@H](C[C@@H](OC)c1ccc(C)c(C)c1)C(=O)NO)Cc1ccc(Cl)cn1. The average molecular weight is 462 g/mol. The number of halogens is 1. The van der Waals surface area contributed by atoms with E-state index >= 15 is 0 Å². The van der Waals surface area contributed by atoms with Gasteiger partial charge in [0.05, 0.1) is 16.8 Å². The quantitative estimate of drug-likeness (QED) is 0.242. The number of hydroxylamine groups is 1. The van der Waals surface area contributed by atoms with Crippen molar-refractivity contribution in [3.8, 4) is 0 Å². The highest BCUT2D eigenvalue weighted by atomic mass is 35.5. The number of pyridine rings is 1. The van der Waals surface area contributed by atoms with Crippen LogP contribution in [0.3, 0.4) is 0 Å². The summed E-state index contributed by atoms with van der Waals surface area (Å²) < 4.78 is 5.71. The Hall–Kier alpha value is -1.99. The first-order valence-electron chi connectivity index (χ1n) is 11.2. The van der Waals surface area contributed by atoms with Crippen molar-refractivity contribution in [2.45, 2.75) is 59.1 Å². The summed E-state index contributed by atoms with van der Waals surface area (Å²) in [6.45, 7) is 8.88. The first-order valence-corrected chi connectivity index (χ1v) is 11.6. The van der Waals surface area contributed by atoms with E-state index < -0.39 is 0 Å². The fourth-order valence-corrected chi connectivity index (χ4v) is 3.95. The van der Waals surface area contributed by atoms with Gasteiger partial charge in [-0.3, -0.25) is 19.9 Å². The van der Waals surface area contributed by atoms with Gasteiger partial charge in [-0.15, -0.1) is 0 Å². The zero-order valence-electron chi connectivity index (χ0n) is 19.6. The van der Waals surface area contributed by atoms with Crippen LogP contribution in [-0.2, 0) is 16.1 Å². The number of carbonyl (C=O) groups is 1. The number of rotatable bonds is 13. The largest absolute Gasteiger partial charge is 0.377 e. The molecule has 2 aromatic rings. The van der Waals surface area contributed by atoms with Gasteiger partial charge in [-0.2, -0.15) is 0 Å². The Balaban J connectivity index is 1.90. The summed E-state index contributed by atoms with van der Waals surface area (Å²) in [6, 6.07) is 10.0. The number of ether oxygens (including phenoxy) is 1. The van der Waals surface area contributed by atoms with Crippen LogP contribution in [0.4, 0.5) is 0 Å². The molecule has 0 aliphatic rings. The van der Waals surface area contributed by atoms with Gasteiger partial charge in [-0.25, -0.2) is 5.48 Å². The van der Waals surface area contributed by atoms with Gasteiger partial charge in [0.2, 0.25) is 5.91 Å². The molecule has 0 unspecified atom stereocenters. The van der Waals surface area contributed by atoms with Gasteiger partial charge in [0.25, 0.3) is 0 Å². The summed E-state index contributed by atoms with van der Waals surface area (Å²) in [5.74, 6) is -0.673. The topological polar surface area (TPSA) is 74.7 Å². The molecular formula is C25H36ClN3O3. The molecule has 0 saturated carbocycles. The lowest BCUT2D eigenvalue weighted by Gasteiger charge is -2.23. The molecule has 6 nitrogen and oxygen atoms in total. The van der Waals surface area contributed by atoms with Crippen LogP contribution >= 0.6 is 11.6 Å². The predicted octanol–water partition coefficient (Wildman–Crippen LogP) is 5.24. The number of aromatic nitrogens is 1. The number of unbranched alkanes of at least 4 members (excludes halogenated alkanes) is 1. The third kappa shape index (κ3) is 8.17. The number of methoxy groups -OCH3 is 1. The van der Waals surface area contributed by atoms with Crippen molar-refractivity contribution < 1.29 is 14.7 Å². The van der Waals surface area contributed by atoms with Crippen LogP contribution in [0.15, 0.2) is 36.5 Å². The number of nitrogens with one attached hydrogen (secondary N) is 1. The molecule has 0 aliphatic heterocycles. The summed E-state index contributed by atoms with van der Waals surface area (Å²) in [5, 5.41) is 9.88. The Morgan fingerprint density at radius 1 is 1.22 bits per heavy atom. The highest BCUT2D eigenvalue weighted by molar-refractivity contribution is 6.30. The standard InChI is InChI=1S/C25H36ClN3O3/c1-5-29(17-23-12-11-22(26)16-27-23)13-7-6-8-21(25(30)28-31)15-24(32-4)20-10-9-18(2)19(3)14-20/h9-12,14,16,21,24,31H,5-8,13,15,17H2,1-4H3,(H,28,30)/t21-,24+/m0/s1. The lowest BCUT2D eigenvalue weighted by molar-refractivity contribution is -0.135. The number of hydrogen-bond donors (Lipinski definition) is 2. The first kappa shape index (κ1) is 26.3. The van der Waals surface area contributed by atoms with Gasteiger partial charge in [-0.05, 0) is 75.0 Å². The van der Waals surface area contributed by atoms with Crippen LogP contribution in [-0.4, -0.2) is 41.2 Å². The zero-order chi connectivity index (χ0) is 23.5. The van der Waals surface area contributed by atoms with E-state index in [1.807, 2.05) is 23.7 Å². The van der Waals surface area contributed by atoms with Crippen molar-refractivity contribution in [1.29, 1.82) is 0 Å². The minimum Gasteiger partial charge on any atom is -0.377 e. The zero-order valence-corrected chi connectivity index (χ0v) is 20.4. The van der Waals surface area contributed by atoms with Crippen molar-refractivity contribution in [3.63, 3.8) is 0 Å². The Morgan fingerprint density at radius 2 is 2.00 bits per heavy atom. The van der Waals surface area contributed by atoms with Crippen molar-refractivity contribution >= 4 is 17.5 Å². The Bertz CT molecular complexity index is 845. The maximum Gasteiger partial charge on any atom is 0.246 e. The van der Waals surface area contributed by atoms with Crippen molar-refractivity contribution in [1.82, 2.24) is 15.4 Å².